The first kappa shape index (κ1) is 21.1. The number of carboxylic acids is 1. The normalized spacial score (nSPS) is 13.4. The van der Waals surface area contributed by atoms with Gasteiger partial charge in [-0.2, -0.15) is 0 Å². The Hall–Kier alpha value is -1.99. The summed E-state index contributed by atoms with van der Waals surface area (Å²) in [5, 5.41) is 11.0. The molecule has 1 aliphatic rings. The summed E-state index contributed by atoms with van der Waals surface area (Å²) in [6.07, 6.45) is 0.814. The molecule has 0 bridgehead atoms. The summed E-state index contributed by atoms with van der Waals surface area (Å²) in [5.74, 6) is 0.148. The fourth-order valence-electron chi connectivity index (χ4n) is 2.73. The number of amides is 1. The van der Waals surface area contributed by atoms with Crippen molar-refractivity contribution in [3.63, 3.8) is 0 Å². The van der Waals surface area contributed by atoms with Gasteiger partial charge in [-0.25, -0.2) is 0 Å². The number of carbonyl (C=O) groups is 2. The standard InChI is InChI=1S/C17H24N2O5.ClH/c1-3-23-14-7-12-5-6-19(11-16(20)18-9-17(21)22)10-13(12)8-15(14)24-4-2;/h7-8H,3-6,9-11H2,1-2H3,(H,18,20)(H,21,22);1H. The zero-order chi connectivity index (χ0) is 17.5. The van der Waals surface area contributed by atoms with Crippen LogP contribution >= 0.6 is 12.4 Å². The van der Waals surface area contributed by atoms with E-state index < -0.39 is 5.97 Å². The van der Waals surface area contributed by atoms with Crippen molar-refractivity contribution in [1.29, 1.82) is 0 Å². The maximum absolute atomic E-state index is 11.8. The van der Waals surface area contributed by atoms with E-state index in [0.717, 1.165) is 30.0 Å². The molecule has 0 fully saturated rings. The molecule has 1 aromatic carbocycles. The van der Waals surface area contributed by atoms with Crippen LogP contribution in [0.25, 0.3) is 0 Å². The highest BCUT2D eigenvalue weighted by atomic mass is 35.5. The molecule has 0 saturated carbocycles. The van der Waals surface area contributed by atoms with Gasteiger partial charge in [0.1, 0.15) is 6.54 Å². The van der Waals surface area contributed by atoms with E-state index in [0.29, 0.717) is 19.8 Å². The average Bonchev–Trinajstić information content (AvgIpc) is 2.54. The predicted octanol–water partition coefficient (Wildman–Crippen LogP) is 1.46. The van der Waals surface area contributed by atoms with Gasteiger partial charge in [0.15, 0.2) is 11.5 Å². The molecule has 1 heterocycles. The van der Waals surface area contributed by atoms with Crippen LogP contribution < -0.4 is 14.8 Å². The largest absolute Gasteiger partial charge is 0.490 e. The van der Waals surface area contributed by atoms with Gasteiger partial charge in [0.25, 0.3) is 0 Å². The number of fused-ring (bicyclic) bond motifs is 1. The molecule has 0 atom stereocenters. The van der Waals surface area contributed by atoms with Crippen molar-refractivity contribution in [2.45, 2.75) is 26.8 Å². The van der Waals surface area contributed by atoms with Crippen LogP contribution in [0.5, 0.6) is 11.5 Å². The molecule has 2 rings (SSSR count). The van der Waals surface area contributed by atoms with Crippen LogP contribution in [-0.4, -0.2) is 54.7 Å². The minimum absolute atomic E-state index is 0. The van der Waals surface area contributed by atoms with Crippen LogP contribution in [0.1, 0.15) is 25.0 Å². The van der Waals surface area contributed by atoms with Crippen molar-refractivity contribution in [1.82, 2.24) is 10.2 Å². The summed E-state index contributed by atoms with van der Waals surface area (Å²) < 4.78 is 11.3. The van der Waals surface area contributed by atoms with Crippen LogP contribution in [0.2, 0.25) is 0 Å². The summed E-state index contributed by atoms with van der Waals surface area (Å²) in [7, 11) is 0. The number of nitrogens with zero attached hydrogens (tertiary/aromatic N) is 1. The molecule has 0 unspecified atom stereocenters. The Morgan fingerprint density at radius 2 is 1.76 bits per heavy atom. The Morgan fingerprint density at radius 1 is 1.16 bits per heavy atom. The Morgan fingerprint density at radius 3 is 2.32 bits per heavy atom. The number of carboxylic acid groups (broad SMARTS) is 1. The minimum atomic E-state index is -1.04. The number of hydrogen-bond donors (Lipinski definition) is 2. The number of ether oxygens (including phenoxy) is 2. The number of hydrogen-bond acceptors (Lipinski definition) is 5. The van der Waals surface area contributed by atoms with Gasteiger partial charge in [-0.15, -0.1) is 12.4 Å². The van der Waals surface area contributed by atoms with E-state index in [-0.39, 0.29) is 31.4 Å². The Balaban J connectivity index is 0.00000312. The maximum atomic E-state index is 11.8. The molecule has 1 aliphatic heterocycles. The highest BCUT2D eigenvalue weighted by molar-refractivity contribution is 5.85. The minimum Gasteiger partial charge on any atom is -0.490 e. The van der Waals surface area contributed by atoms with E-state index >= 15 is 0 Å². The Labute approximate surface area is 153 Å². The number of rotatable bonds is 8. The Kier molecular flexibility index (Phi) is 8.51. The average molecular weight is 373 g/mol. The molecule has 25 heavy (non-hydrogen) atoms. The molecular formula is C17H25ClN2O5. The number of nitrogens with one attached hydrogen (secondary N) is 1. The van der Waals surface area contributed by atoms with Crippen LogP contribution in [0.15, 0.2) is 12.1 Å². The number of halogens is 1. The summed E-state index contributed by atoms with van der Waals surface area (Å²) in [6, 6.07) is 4.00. The third-order valence-electron chi connectivity index (χ3n) is 3.76. The van der Waals surface area contributed by atoms with Crippen LogP contribution in [0.3, 0.4) is 0 Å². The second-order valence-electron chi connectivity index (χ2n) is 5.56. The fourth-order valence-corrected chi connectivity index (χ4v) is 2.73. The first-order valence-electron chi connectivity index (χ1n) is 8.15. The second kappa shape index (κ2) is 10.1. The highest BCUT2D eigenvalue weighted by Gasteiger charge is 2.21. The van der Waals surface area contributed by atoms with Crippen molar-refractivity contribution in [2.24, 2.45) is 0 Å². The fraction of sp³-hybridized carbons (Fsp3) is 0.529. The zero-order valence-corrected chi connectivity index (χ0v) is 15.4. The lowest BCUT2D eigenvalue weighted by Crippen LogP contribution is -2.41. The van der Waals surface area contributed by atoms with Gasteiger partial charge >= 0.3 is 5.97 Å². The predicted molar refractivity (Wildman–Crippen MR) is 95.7 cm³/mol. The summed E-state index contributed by atoms with van der Waals surface area (Å²) in [5.41, 5.74) is 2.31. The molecule has 0 aliphatic carbocycles. The van der Waals surface area contributed by atoms with Crippen LogP contribution in [0.4, 0.5) is 0 Å². The van der Waals surface area contributed by atoms with Gasteiger partial charge in [0.05, 0.1) is 19.8 Å². The third kappa shape index (κ3) is 6.10. The van der Waals surface area contributed by atoms with Crippen molar-refractivity contribution in [3.05, 3.63) is 23.3 Å². The number of carbonyl (C=O) groups excluding carboxylic acids is 1. The SMILES string of the molecule is CCOc1cc2c(cc1OCC)CN(CC(=O)NCC(=O)O)CC2.Cl. The number of benzene rings is 1. The molecule has 7 nitrogen and oxygen atoms in total. The van der Waals surface area contributed by atoms with Crippen molar-refractivity contribution in [2.75, 3.05) is 32.8 Å². The monoisotopic (exact) mass is 372 g/mol. The molecule has 2 N–H and O–H groups in total. The van der Waals surface area contributed by atoms with Gasteiger partial charge in [-0.1, -0.05) is 0 Å². The van der Waals surface area contributed by atoms with E-state index in [1.54, 1.807) is 0 Å². The molecule has 8 heteroatoms. The molecule has 0 radical (unpaired) electrons. The molecule has 140 valence electrons. The lowest BCUT2D eigenvalue weighted by Gasteiger charge is -2.29. The zero-order valence-electron chi connectivity index (χ0n) is 14.5. The maximum Gasteiger partial charge on any atom is 0.322 e. The summed E-state index contributed by atoms with van der Waals surface area (Å²) in [4.78, 5) is 24.3. The highest BCUT2D eigenvalue weighted by Crippen LogP contribution is 2.33. The molecule has 0 aromatic heterocycles. The summed E-state index contributed by atoms with van der Waals surface area (Å²) in [6.45, 7) is 6.20. The van der Waals surface area contributed by atoms with E-state index in [1.807, 2.05) is 30.9 Å². The van der Waals surface area contributed by atoms with Gasteiger partial charge < -0.3 is 19.9 Å². The second-order valence-corrected chi connectivity index (χ2v) is 5.56. The molecular weight excluding hydrogens is 348 g/mol. The van der Waals surface area contributed by atoms with E-state index in [4.69, 9.17) is 14.6 Å². The molecule has 1 amide bonds. The lowest BCUT2D eigenvalue weighted by molar-refractivity contribution is -0.138. The smallest absolute Gasteiger partial charge is 0.322 e. The van der Waals surface area contributed by atoms with Crippen molar-refractivity contribution >= 4 is 24.3 Å². The molecule has 1 aromatic rings. The first-order chi connectivity index (χ1) is 11.5. The third-order valence-corrected chi connectivity index (χ3v) is 3.76. The quantitative estimate of drug-likeness (QED) is 0.718. The van der Waals surface area contributed by atoms with Gasteiger partial charge in [-0.05, 0) is 43.5 Å². The Bertz CT molecular complexity index is 609. The molecule has 0 saturated heterocycles. The topological polar surface area (TPSA) is 88.1 Å². The van der Waals surface area contributed by atoms with E-state index in [9.17, 15) is 9.59 Å². The molecule has 0 spiro atoms. The lowest BCUT2D eigenvalue weighted by atomic mass is 9.99. The van der Waals surface area contributed by atoms with Gasteiger partial charge in [0, 0.05) is 13.1 Å². The summed E-state index contributed by atoms with van der Waals surface area (Å²) >= 11 is 0. The van der Waals surface area contributed by atoms with Crippen LogP contribution in [0, 0.1) is 0 Å². The van der Waals surface area contributed by atoms with Gasteiger partial charge in [0.2, 0.25) is 5.91 Å². The van der Waals surface area contributed by atoms with Crippen LogP contribution in [-0.2, 0) is 22.6 Å². The van der Waals surface area contributed by atoms with Crippen molar-refractivity contribution in [3.8, 4) is 11.5 Å². The van der Waals surface area contributed by atoms with Gasteiger partial charge in [-0.3, -0.25) is 14.5 Å². The van der Waals surface area contributed by atoms with E-state index in [2.05, 4.69) is 5.32 Å². The van der Waals surface area contributed by atoms with E-state index in [1.165, 1.54) is 5.56 Å². The number of aliphatic carboxylic acids is 1. The van der Waals surface area contributed by atoms with Crippen molar-refractivity contribution < 1.29 is 24.2 Å². The first-order valence-corrected chi connectivity index (χ1v) is 8.15.